The number of rotatable bonds is 8. The first kappa shape index (κ1) is 26.6. The van der Waals surface area contributed by atoms with Crippen molar-refractivity contribution >= 4 is 28.9 Å². The zero-order valence-electron chi connectivity index (χ0n) is 20.8. The number of carbonyl (C=O) groups is 3. The standard InChI is InChI=1S/C26H34N4O4S/c1-14(2)23(22(32)10-15(3)27)26(34)30-12-20(31)11-21(30)25(33)29-16(4)18-6-8-19(9-7-18)24-17(5)28-13-35-24/h6-10,13-14,16,20-21,23,31H,11-12,27H2,1-5H3,(H,29,33)/t16?,20-,21+,23?/m1/s1. The average molecular weight is 499 g/mol. The van der Waals surface area contributed by atoms with Gasteiger partial charge in [0, 0.05) is 24.7 Å². The minimum Gasteiger partial charge on any atom is -0.402 e. The van der Waals surface area contributed by atoms with E-state index in [9.17, 15) is 19.5 Å². The molecule has 1 saturated heterocycles. The number of aryl methyl sites for hydroxylation is 1. The molecule has 2 aromatic rings. The van der Waals surface area contributed by atoms with E-state index >= 15 is 0 Å². The molecule has 9 heteroatoms. The van der Waals surface area contributed by atoms with Gasteiger partial charge in [0.15, 0.2) is 5.78 Å². The minimum absolute atomic E-state index is 0.00994. The zero-order valence-corrected chi connectivity index (χ0v) is 21.6. The van der Waals surface area contributed by atoms with Gasteiger partial charge < -0.3 is 21.1 Å². The molecule has 1 aliphatic rings. The molecule has 2 heterocycles. The van der Waals surface area contributed by atoms with E-state index in [2.05, 4.69) is 10.3 Å². The third-order valence-corrected chi connectivity index (χ3v) is 7.23. The summed E-state index contributed by atoms with van der Waals surface area (Å²) in [5.74, 6) is -2.46. The summed E-state index contributed by atoms with van der Waals surface area (Å²) in [6.07, 6.45) is 0.545. The Hall–Kier alpha value is -3.04. The van der Waals surface area contributed by atoms with Crippen molar-refractivity contribution in [2.24, 2.45) is 17.6 Å². The number of likely N-dealkylation sites (tertiary alicyclic amines) is 1. The van der Waals surface area contributed by atoms with Gasteiger partial charge in [-0.15, -0.1) is 11.3 Å². The number of carbonyl (C=O) groups excluding carboxylic acids is 3. The molecule has 0 spiro atoms. The van der Waals surface area contributed by atoms with Crippen molar-refractivity contribution < 1.29 is 19.5 Å². The number of aromatic nitrogens is 1. The van der Waals surface area contributed by atoms with Crippen LogP contribution < -0.4 is 11.1 Å². The molecule has 1 aliphatic heterocycles. The van der Waals surface area contributed by atoms with Crippen molar-refractivity contribution in [2.45, 2.75) is 59.2 Å². The molecule has 35 heavy (non-hydrogen) atoms. The lowest BCUT2D eigenvalue weighted by molar-refractivity contribution is -0.146. The molecule has 2 unspecified atom stereocenters. The van der Waals surface area contributed by atoms with Crippen LogP contribution in [0.25, 0.3) is 10.4 Å². The number of hydrogen-bond donors (Lipinski definition) is 3. The zero-order chi connectivity index (χ0) is 25.9. The summed E-state index contributed by atoms with van der Waals surface area (Å²) in [5, 5.41) is 13.2. The Kier molecular flexibility index (Phi) is 8.45. The average Bonchev–Trinajstić information content (AvgIpc) is 3.38. The Balaban J connectivity index is 1.73. The number of amides is 2. The number of aliphatic hydroxyl groups excluding tert-OH is 1. The maximum absolute atomic E-state index is 13.3. The molecule has 1 aromatic heterocycles. The molecule has 0 radical (unpaired) electrons. The smallest absolute Gasteiger partial charge is 0.243 e. The summed E-state index contributed by atoms with van der Waals surface area (Å²) in [4.78, 5) is 45.9. The van der Waals surface area contributed by atoms with E-state index in [0.717, 1.165) is 21.7 Å². The third kappa shape index (κ3) is 6.15. The Morgan fingerprint density at radius 3 is 2.43 bits per heavy atom. The third-order valence-electron chi connectivity index (χ3n) is 6.25. The van der Waals surface area contributed by atoms with Gasteiger partial charge in [0.25, 0.3) is 0 Å². The molecule has 0 saturated carbocycles. The topological polar surface area (TPSA) is 126 Å². The molecule has 1 aromatic carbocycles. The molecule has 3 rings (SSSR count). The van der Waals surface area contributed by atoms with E-state index in [4.69, 9.17) is 5.73 Å². The Morgan fingerprint density at radius 1 is 1.23 bits per heavy atom. The van der Waals surface area contributed by atoms with Crippen LogP contribution in [0.2, 0.25) is 0 Å². The SMILES string of the molecule is CC(N)=CC(=O)C(C(=O)N1C[C@H](O)C[C@H]1C(=O)NC(C)c1ccc(-c2scnc2C)cc1)C(C)C. The van der Waals surface area contributed by atoms with Crippen LogP contribution in [0, 0.1) is 18.8 Å². The van der Waals surface area contributed by atoms with E-state index in [0.29, 0.717) is 5.70 Å². The molecule has 4 atom stereocenters. The summed E-state index contributed by atoms with van der Waals surface area (Å²) in [6, 6.07) is 6.76. The monoisotopic (exact) mass is 498 g/mol. The highest BCUT2D eigenvalue weighted by Crippen LogP contribution is 2.29. The van der Waals surface area contributed by atoms with Crippen LogP contribution in [0.15, 0.2) is 41.5 Å². The predicted octanol–water partition coefficient (Wildman–Crippen LogP) is 2.96. The second-order valence-electron chi connectivity index (χ2n) is 9.53. The van der Waals surface area contributed by atoms with Gasteiger partial charge in [-0.2, -0.15) is 0 Å². The number of nitrogens with one attached hydrogen (secondary N) is 1. The van der Waals surface area contributed by atoms with Crippen molar-refractivity contribution in [3.8, 4) is 10.4 Å². The van der Waals surface area contributed by atoms with Crippen molar-refractivity contribution in [1.29, 1.82) is 0 Å². The van der Waals surface area contributed by atoms with Gasteiger partial charge >= 0.3 is 0 Å². The molecule has 188 valence electrons. The summed E-state index contributed by atoms with van der Waals surface area (Å²) < 4.78 is 0. The van der Waals surface area contributed by atoms with Gasteiger partial charge in [-0.1, -0.05) is 38.1 Å². The normalized spacial score (nSPS) is 20.1. The lowest BCUT2D eigenvalue weighted by atomic mass is 9.89. The van der Waals surface area contributed by atoms with Gasteiger partial charge in [0.1, 0.15) is 12.0 Å². The first-order chi connectivity index (χ1) is 16.5. The van der Waals surface area contributed by atoms with Gasteiger partial charge in [-0.25, -0.2) is 4.98 Å². The van der Waals surface area contributed by atoms with Crippen molar-refractivity contribution in [3.63, 3.8) is 0 Å². The van der Waals surface area contributed by atoms with Crippen LogP contribution in [-0.4, -0.2) is 51.3 Å². The van der Waals surface area contributed by atoms with E-state index in [-0.39, 0.29) is 30.8 Å². The van der Waals surface area contributed by atoms with Crippen LogP contribution in [0.5, 0.6) is 0 Å². The van der Waals surface area contributed by atoms with E-state index in [1.54, 1.807) is 32.1 Å². The number of allylic oxidation sites excluding steroid dienone is 2. The van der Waals surface area contributed by atoms with E-state index in [1.165, 1.54) is 11.0 Å². The van der Waals surface area contributed by atoms with Gasteiger partial charge in [-0.3, -0.25) is 14.4 Å². The highest BCUT2D eigenvalue weighted by atomic mass is 32.1. The fourth-order valence-electron chi connectivity index (χ4n) is 4.43. The van der Waals surface area contributed by atoms with Crippen molar-refractivity contribution in [1.82, 2.24) is 15.2 Å². The minimum atomic E-state index is -0.964. The van der Waals surface area contributed by atoms with Crippen LogP contribution in [0.3, 0.4) is 0 Å². The highest BCUT2D eigenvalue weighted by Gasteiger charge is 2.43. The lowest BCUT2D eigenvalue weighted by Gasteiger charge is -2.29. The number of β-amino-alcohol motifs (C(OH)–C–C–N with tert-alkyl or cyclic N) is 1. The van der Waals surface area contributed by atoms with Crippen molar-refractivity contribution in [3.05, 3.63) is 52.8 Å². The molecule has 2 amide bonds. The largest absolute Gasteiger partial charge is 0.402 e. The molecule has 0 aliphatic carbocycles. The number of ketones is 1. The fourth-order valence-corrected chi connectivity index (χ4v) is 5.24. The van der Waals surface area contributed by atoms with Gasteiger partial charge in [0.05, 0.1) is 28.2 Å². The summed E-state index contributed by atoms with van der Waals surface area (Å²) in [5.41, 5.74) is 10.7. The van der Waals surface area contributed by atoms with Gasteiger partial charge in [-0.05, 0) is 37.8 Å². The van der Waals surface area contributed by atoms with Crippen molar-refractivity contribution in [2.75, 3.05) is 6.54 Å². The second kappa shape index (κ2) is 11.1. The van der Waals surface area contributed by atoms with Crippen LogP contribution in [0.4, 0.5) is 0 Å². The maximum atomic E-state index is 13.3. The fraction of sp³-hybridized carbons (Fsp3) is 0.462. The Morgan fingerprint density at radius 2 is 1.89 bits per heavy atom. The summed E-state index contributed by atoms with van der Waals surface area (Å²) in [6.45, 7) is 8.99. The molecule has 4 N–H and O–H groups in total. The van der Waals surface area contributed by atoms with Gasteiger partial charge in [0.2, 0.25) is 11.8 Å². The Bertz CT molecular complexity index is 1100. The number of hydrogen-bond acceptors (Lipinski definition) is 7. The van der Waals surface area contributed by atoms with Crippen LogP contribution in [0.1, 0.15) is 51.4 Å². The number of thiazole rings is 1. The summed E-state index contributed by atoms with van der Waals surface area (Å²) >= 11 is 1.58. The first-order valence-electron chi connectivity index (χ1n) is 11.8. The van der Waals surface area contributed by atoms with Crippen LogP contribution in [-0.2, 0) is 14.4 Å². The van der Waals surface area contributed by atoms with E-state index in [1.807, 2.05) is 43.6 Å². The highest BCUT2D eigenvalue weighted by molar-refractivity contribution is 7.13. The quantitative estimate of drug-likeness (QED) is 0.380. The van der Waals surface area contributed by atoms with Crippen LogP contribution >= 0.6 is 11.3 Å². The van der Waals surface area contributed by atoms with E-state index < -0.39 is 29.8 Å². The molecular weight excluding hydrogens is 464 g/mol. The maximum Gasteiger partial charge on any atom is 0.243 e. The molecule has 0 bridgehead atoms. The number of nitrogens with two attached hydrogens (primary N) is 1. The summed E-state index contributed by atoms with van der Waals surface area (Å²) in [7, 11) is 0. The second-order valence-corrected chi connectivity index (χ2v) is 10.4. The lowest BCUT2D eigenvalue weighted by Crippen LogP contribution is -2.50. The molecule has 1 fully saturated rings. The Labute approximate surface area is 210 Å². The predicted molar refractivity (Wildman–Crippen MR) is 136 cm³/mol. The number of nitrogens with zero attached hydrogens (tertiary/aromatic N) is 2. The number of aliphatic hydroxyl groups is 1. The first-order valence-corrected chi connectivity index (χ1v) is 12.6. The number of benzene rings is 1. The molecular formula is C26H34N4O4S. The molecule has 8 nitrogen and oxygen atoms in total.